The van der Waals surface area contributed by atoms with Crippen LogP contribution in [0.1, 0.15) is 31.1 Å². The summed E-state index contributed by atoms with van der Waals surface area (Å²) in [5, 5.41) is 8.46. The van der Waals surface area contributed by atoms with Gasteiger partial charge in [0.05, 0.1) is 4.34 Å². The van der Waals surface area contributed by atoms with E-state index in [9.17, 15) is 4.79 Å². The Morgan fingerprint density at radius 2 is 2.33 bits per heavy atom. The number of rotatable bonds is 5. The summed E-state index contributed by atoms with van der Waals surface area (Å²) in [6, 6.07) is 3.85. The molecule has 0 radical (unpaired) electrons. The lowest BCUT2D eigenvalue weighted by atomic mass is 10.1. The fraction of sp³-hybridized carbons (Fsp3) is 0.364. The number of carboxylic acid groups (broad SMARTS) is 1. The van der Waals surface area contributed by atoms with Crippen LogP contribution in [0, 0.1) is 0 Å². The van der Waals surface area contributed by atoms with Gasteiger partial charge in [0.25, 0.3) is 0 Å². The van der Waals surface area contributed by atoms with Crippen molar-refractivity contribution in [2.75, 3.05) is 0 Å². The minimum absolute atomic E-state index is 0.231. The lowest BCUT2D eigenvalue weighted by Crippen LogP contribution is -1.92. The van der Waals surface area contributed by atoms with Crippen LogP contribution in [0.4, 0.5) is 0 Å². The summed E-state index contributed by atoms with van der Waals surface area (Å²) in [6.45, 7) is 2.02. The van der Waals surface area contributed by atoms with Crippen LogP contribution >= 0.6 is 22.9 Å². The van der Waals surface area contributed by atoms with Crippen molar-refractivity contribution in [2.45, 2.75) is 26.2 Å². The van der Waals surface area contributed by atoms with Crippen molar-refractivity contribution < 1.29 is 9.90 Å². The van der Waals surface area contributed by atoms with Crippen molar-refractivity contribution in [3.63, 3.8) is 0 Å². The summed E-state index contributed by atoms with van der Waals surface area (Å²) in [4.78, 5) is 11.4. The molecule has 0 aromatic carbocycles. The molecule has 82 valence electrons. The van der Waals surface area contributed by atoms with Gasteiger partial charge in [-0.2, -0.15) is 0 Å². The van der Waals surface area contributed by atoms with Gasteiger partial charge in [-0.15, -0.1) is 11.3 Å². The van der Waals surface area contributed by atoms with Crippen molar-refractivity contribution in [3.8, 4) is 0 Å². The van der Waals surface area contributed by atoms with Crippen LogP contribution in [0.2, 0.25) is 4.34 Å². The van der Waals surface area contributed by atoms with Gasteiger partial charge in [0.15, 0.2) is 0 Å². The van der Waals surface area contributed by atoms with E-state index in [1.54, 1.807) is 11.3 Å². The third-order valence-electron chi connectivity index (χ3n) is 2.01. The summed E-state index contributed by atoms with van der Waals surface area (Å²) in [6.07, 6.45) is 3.78. The zero-order valence-electron chi connectivity index (χ0n) is 8.50. The van der Waals surface area contributed by atoms with E-state index < -0.39 is 5.97 Å². The first kappa shape index (κ1) is 12.3. The summed E-state index contributed by atoms with van der Waals surface area (Å²) in [7, 11) is 0. The number of thiophene rings is 1. The Kier molecular flexibility index (Phi) is 4.85. The maximum absolute atomic E-state index is 10.3. The lowest BCUT2D eigenvalue weighted by molar-refractivity contribution is -0.137. The normalized spacial score (nSPS) is 11.7. The maximum atomic E-state index is 10.3. The Morgan fingerprint density at radius 1 is 1.60 bits per heavy atom. The molecule has 1 aromatic heterocycles. The van der Waals surface area contributed by atoms with E-state index in [-0.39, 0.29) is 6.42 Å². The van der Waals surface area contributed by atoms with E-state index in [1.165, 1.54) is 0 Å². The number of carbonyl (C=O) groups is 1. The molecule has 0 aliphatic rings. The first-order valence-electron chi connectivity index (χ1n) is 4.74. The predicted octanol–water partition coefficient (Wildman–Crippen LogP) is 4.06. The summed E-state index contributed by atoms with van der Waals surface area (Å²) < 4.78 is 0.781. The summed E-state index contributed by atoms with van der Waals surface area (Å²) in [5.74, 6) is -0.736. The highest BCUT2D eigenvalue weighted by Gasteiger charge is 2.00. The molecule has 2 nitrogen and oxygen atoms in total. The number of aliphatic carboxylic acids is 1. The Balaban J connectivity index is 2.43. The number of hydrogen-bond acceptors (Lipinski definition) is 2. The summed E-state index contributed by atoms with van der Waals surface area (Å²) in [5.41, 5.74) is 1.16. The van der Waals surface area contributed by atoms with Gasteiger partial charge < -0.3 is 5.11 Å². The van der Waals surface area contributed by atoms with Crippen molar-refractivity contribution in [1.29, 1.82) is 0 Å². The summed E-state index contributed by atoms with van der Waals surface area (Å²) >= 11 is 7.36. The minimum atomic E-state index is -0.736. The molecule has 1 N–H and O–H groups in total. The minimum Gasteiger partial charge on any atom is -0.481 e. The molecule has 0 saturated heterocycles. The number of hydrogen-bond donors (Lipinski definition) is 1. The smallest absolute Gasteiger partial charge is 0.303 e. The molecular weight excluding hydrogens is 232 g/mol. The Bertz CT molecular complexity index is 368. The molecule has 0 aliphatic heterocycles. The fourth-order valence-corrected chi connectivity index (χ4v) is 2.24. The number of unbranched alkanes of at least 4 members (excludes halogenated alkanes) is 1. The molecule has 15 heavy (non-hydrogen) atoms. The third-order valence-corrected chi connectivity index (χ3v) is 3.37. The second-order valence-corrected chi connectivity index (χ2v) is 4.99. The van der Waals surface area contributed by atoms with Crippen LogP contribution < -0.4 is 0 Å². The SMILES string of the molecule is C/C(=C\CCCC(=O)O)c1ccc(Cl)s1. The highest BCUT2D eigenvalue weighted by atomic mass is 35.5. The first-order valence-corrected chi connectivity index (χ1v) is 5.93. The Labute approximate surface area is 98.2 Å². The molecule has 0 aliphatic carbocycles. The average molecular weight is 245 g/mol. The predicted molar refractivity (Wildman–Crippen MR) is 64.5 cm³/mol. The largest absolute Gasteiger partial charge is 0.481 e. The zero-order chi connectivity index (χ0) is 11.3. The molecule has 1 rings (SSSR count). The molecule has 0 amide bonds. The highest BCUT2D eigenvalue weighted by molar-refractivity contribution is 7.17. The quantitative estimate of drug-likeness (QED) is 0.793. The Hall–Kier alpha value is -0.800. The van der Waals surface area contributed by atoms with E-state index in [2.05, 4.69) is 6.08 Å². The first-order chi connectivity index (χ1) is 7.09. The van der Waals surface area contributed by atoms with Crippen molar-refractivity contribution in [2.24, 2.45) is 0 Å². The number of allylic oxidation sites excluding steroid dienone is 2. The average Bonchev–Trinajstić information content (AvgIpc) is 2.59. The molecule has 0 atom stereocenters. The zero-order valence-corrected chi connectivity index (χ0v) is 10.1. The van der Waals surface area contributed by atoms with Gasteiger partial charge in [-0.05, 0) is 37.5 Å². The Morgan fingerprint density at radius 3 is 2.87 bits per heavy atom. The molecule has 1 aromatic rings. The molecule has 0 bridgehead atoms. The van der Waals surface area contributed by atoms with E-state index in [0.29, 0.717) is 6.42 Å². The van der Waals surface area contributed by atoms with Crippen LogP contribution in [-0.2, 0) is 4.79 Å². The van der Waals surface area contributed by atoms with Gasteiger partial charge in [0.2, 0.25) is 0 Å². The van der Waals surface area contributed by atoms with E-state index in [4.69, 9.17) is 16.7 Å². The van der Waals surface area contributed by atoms with Crippen LogP contribution in [-0.4, -0.2) is 11.1 Å². The monoisotopic (exact) mass is 244 g/mol. The standard InChI is InChI=1S/C11H13ClO2S/c1-8(4-2-3-5-11(13)14)9-6-7-10(12)15-9/h4,6-7H,2-3,5H2,1H3,(H,13,14)/b8-4+. The van der Waals surface area contributed by atoms with Gasteiger partial charge in [0, 0.05) is 11.3 Å². The van der Waals surface area contributed by atoms with Gasteiger partial charge in [0.1, 0.15) is 0 Å². The topological polar surface area (TPSA) is 37.3 Å². The van der Waals surface area contributed by atoms with Gasteiger partial charge >= 0.3 is 5.97 Å². The van der Waals surface area contributed by atoms with E-state index >= 15 is 0 Å². The van der Waals surface area contributed by atoms with Crippen LogP contribution in [0.25, 0.3) is 5.57 Å². The van der Waals surface area contributed by atoms with Crippen LogP contribution in [0.3, 0.4) is 0 Å². The number of carboxylic acids is 1. The van der Waals surface area contributed by atoms with Gasteiger partial charge in [-0.1, -0.05) is 17.7 Å². The van der Waals surface area contributed by atoms with Gasteiger partial charge in [-0.3, -0.25) is 4.79 Å². The van der Waals surface area contributed by atoms with Crippen LogP contribution in [0.15, 0.2) is 18.2 Å². The number of halogens is 1. The highest BCUT2D eigenvalue weighted by Crippen LogP contribution is 2.27. The molecule has 4 heteroatoms. The van der Waals surface area contributed by atoms with Crippen molar-refractivity contribution in [1.82, 2.24) is 0 Å². The molecule has 1 heterocycles. The second kappa shape index (κ2) is 5.93. The molecule has 0 unspecified atom stereocenters. The molecule has 0 spiro atoms. The third kappa shape index (κ3) is 4.49. The van der Waals surface area contributed by atoms with E-state index in [1.807, 2.05) is 19.1 Å². The van der Waals surface area contributed by atoms with Crippen molar-refractivity contribution >= 4 is 34.5 Å². The van der Waals surface area contributed by atoms with E-state index in [0.717, 1.165) is 21.2 Å². The second-order valence-electron chi connectivity index (χ2n) is 3.28. The van der Waals surface area contributed by atoms with Crippen LogP contribution in [0.5, 0.6) is 0 Å². The van der Waals surface area contributed by atoms with Crippen molar-refractivity contribution in [3.05, 3.63) is 27.4 Å². The maximum Gasteiger partial charge on any atom is 0.303 e. The molecular formula is C11H13ClO2S. The molecule has 0 fully saturated rings. The molecule has 0 saturated carbocycles. The fourth-order valence-electron chi connectivity index (χ4n) is 1.20. The lowest BCUT2D eigenvalue weighted by Gasteiger charge is -1.96. The van der Waals surface area contributed by atoms with Gasteiger partial charge in [-0.25, -0.2) is 0 Å².